The van der Waals surface area contributed by atoms with Gasteiger partial charge in [0.1, 0.15) is 5.78 Å². The molecule has 0 saturated heterocycles. The van der Waals surface area contributed by atoms with E-state index < -0.39 is 5.97 Å². The summed E-state index contributed by atoms with van der Waals surface area (Å²) in [6.07, 6.45) is -0.0793. The van der Waals surface area contributed by atoms with Crippen LogP contribution in [0.25, 0.3) is 0 Å². The van der Waals surface area contributed by atoms with Gasteiger partial charge in [-0.05, 0) is 5.92 Å². The van der Waals surface area contributed by atoms with Gasteiger partial charge in [0.25, 0.3) is 0 Å². The van der Waals surface area contributed by atoms with Gasteiger partial charge in [-0.3, -0.25) is 14.4 Å². The first-order valence-corrected chi connectivity index (χ1v) is 5.80. The Morgan fingerprint density at radius 3 is 2.28 bits per heavy atom. The molecule has 1 aromatic rings. The fraction of sp³-hybridized carbons (Fsp3) is 0.357. The number of aliphatic carboxylic acids is 1. The molecule has 0 radical (unpaired) electrons. The molecule has 1 atom stereocenters. The number of hydrogen-bond donors (Lipinski definition) is 1. The van der Waals surface area contributed by atoms with Gasteiger partial charge < -0.3 is 5.11 Å². The summed E-state index contributed by atoms with van der Waals surface area (Å²) in [5.41, 5.74) is 0.511. The molecule has 0 amide bonds. The van der Waals surface area contributed by atoms with Crippen LogP contribution in [0.1, 0.15) is 36.5 Å². The van der Waals surface area contributed by atoms with Crippen molar-refractivity contribution >= 4 is 17.5 Å². The normalized spacial score (nSPS) is 11.8. The molecule has 0 bridgehead atoms. The maximum absolute atomic E-state index is 11.7. The SMILES string of the molecule is CC(CC(=O)O)CC(=O)CC(=O)c1ccccc1. The van der Waals surface area contributed by atoms with E-state index in [9.17, 15) is 14.4 Å². The number of carbonyl (C=O) groups excluding carboxylic acids is 2. The third kappa shape index (κ3) is 4.91. The Balaban J connectivity index is 2.46. The largest absolute Gasteiger partial charge is 0.481 e. The lowest BCUT2D eigenvalue weighted by molar-refractivity contribution is -0.138. The summed E-state index contributed by atoms with van der Waals surface area (Å²) in [5.74, 6) is -1.59. The zero-order valence-corrected chi connectivity index (χ0v) is 10.3. The Morgan fingerprint density at radius 1 is 1.11 bits per heavy atom. The van der Waals surface area contributed by atoms with Crippen LogP contribution in [0.2, 0.25) is 0 Å². The Labute approximate surface area is 106 Å². The van der Waals surface area contributed by atoms with Crippen molar-refractivity contribution in [3.63, 3.8) is 0 Å². The van der Waals surface area contributed by atoms with Crippen molar-refractivity contribution in [2.45, 2.75) is 26.2 Å². The molecule has 0 aliphatic rings. The minimum atomic E-state index is -0.926. The van der Waals surface area contributed by atoms with E-state index in [2.05, 4.69) is 0 Å². The van der Waals surface area contributed by atoms with Gasteiger partial charge in [0.15, 0.2) is 5.78 Å². The van der Waals surface area contributed by atoms with Gasteiger partial charge in [-0.2, -0.15) is 0 Å². The Morgan fingerprint density at radius 2 is 1.72 bits per heavy atom. The van der Waals surface area contributed by atoms with Gasteiger partial charge in [-0.25, -0.2) is 0 Å². The minimum Gasteiger partial charge on any atom is -0.481 e. The highest BCUT2D eigenvalue weighted by molar-refractivity contribution is 6.07. The third-order valence-corrected chi connectivity index (χ3v) is 2.55. The number of benzene rings is 1. The number of hydrogen-bond acceptors (Lipinski definition) is 3. The number of carbonyl (C=O) groups is 3. The van der Waals surface area contributed by atoms with Crippen LogP contribution in [0.5, 0.6) is 0 Å². The molecule has 0 fully saturated rings. The van der Waals surface area contributed by atoms with Gasteiger partial charge in [0.05, 0.1) is 6.42 Å². The molecule has 1 aromatic carbocycles. The zero-order chi connectivity index (χ0) is 13.5. The van der Waals surface area contributed by atoms with E-state index in [4.69, 9.17) is 5.11 Å². The van der Waals surface area contributed by atoms with Crippen molar-refractivity contribution in [3.8, 4) is 0 Å². The Bertz CT molecular complexity index is 436. The zero-order valence-electron chi connectivity index (χ0n) is 10.3. The number of ketones is 2. The van der Waals surface area contributed by atoms with Crippen molar-refractivity contribution < 1.29 is 19.5 Å². The maximum Gasteiger partial charge on any atom is 0.303 e. The standard InChI is InChI=1S/C14H16O4/c1-10(8-14(17)18)7-12(15)9-13(16)11-5-3-2-4-6-11/h2-6,10H,7-9H2,1H3,(H,17,18). The molecule has 96 valence electrons. The average molecular weight is 248 g/mol. The highest BCUT2D eigenvalue weighted by Crippen LogP contribution is 2.11. The predicted molar refractivity (Wildman–Crippen MR) is 66.4 cm³/mol. The first-order chi connectivity index (χ1) is 8.49. The van der Waals surface area contributed by atoms with Gasteiger partial charge in [0.2, 0.25) is 0 Å². The molecule has 4 heteroatoms. The van der Waals surface area contributed by atoms with Crippen molar-refractivity contribution in [2.75, 3.05) is 0 Å². The third-order valence-electron chi connectivity index (χ3n) is 2.55. The molecule has 0 saturated carbocycles. The lowest BCUT2D eigenvalue weighted by atomic mass is 9.97. The van der Waals surface area contributed by atoms with E-state index in [1.54, 1.807) is 37.3 Å². The van der Waals surface area contributed by atoms with Crippen LogP contribution in [0.4, 0.5) is 0 Å². The number of carboxylic acids is 1. The molecule has 0 aromatic heterocycles. The van der Waals surface area contributed by atoms with Crippen molar-refractivity contribution in [2.24, 2.45) is 5.92 Å². The molecule has 0 aliphatic carbocycles. The maximum atomic E-state index is 11.7. The number of carboxylic acid groups (broad SMARTS) is 1. The quantitative estimate of drug-likeness (QED) is 0.593. The van der Waals surface area contributed by atoms with Crippen LogP contribution in [-0.2, 0) is 9.59 Å². The van der Waals surface area contributed by atoms with E-state index in [0.717, 1.165) is 0 Å². The van der Waals surface area contributed by atoms with Gasteiger partial charge in [-0.15, -0.1) is 0 Å². The van der Waals surface area contributed by atoms with Crippen molar-refractivity contribution in [3.05, 3.63) is 35.9 Å². The molecule has 1 N–H and O–H groups in total. The van der Waals surface area contributed by atoms with E-state index in [1.165, 1.54) is 0 Å². The lowest BCUT2D eigenvalue weighted by Crippen LogP contribution is -2.13. The monoisotopic (exact) mass is 248 g/mol. The summed E-state index contributed by atoms with van der Waals surface area (Å²) in [5, 5.41) is 8.58. The highest BCUT2D eigenvalue weighted by atomic mass is 16.4. The second-order valence-corrected chi connectivity index (χ2v) is 4.41. The van der Waals surface area contributed by atoms with E-state index in [1.807, 2.05) is 0 Å². The molecular formula is C14H16O4. The molecule has 1 unspecified atom stereocenters. The van der Waals surface area contributed by atoms with Crippen LogP contribution < -0.4 is 0 Å². The fourth-order valence-corrected chi connectivity index (χ4v) is 1.74. The number of rotatable bonds is 7. The Kier molecular flexibility index (Phi) is 5.24. The second kappa shape index (κ2) is 6.69. The molecule has 0 spiro atoms. The topological polar surface area (TPSA) is 71.4 Å². The molecule has 4 nitrogen and oxygen atoms in total. The fourth-order valence-electron chi connectivity index (χ4n) is 1.74. The van der Waals surface area contributed by atoms with E-state index >= 15 is 0 Å². The van der Waals surface area contributed by atoms with Gasteiger partial charge in [0, 0.05) is 18.4 Å². The van der Waals surface area contributed by atoms with E-state index in [0.29, 0.717) is 5.56 Å². The Hall–Kier alpha value is -1.97. The van der Waals surface area contributed by atoms with Crippen LogP contribution in [-0.4, -0.2) is 22.6 Å². The summed E-state index contributed by atoms with van der Waals surface area (Å²) in [6.45, 7) is 1.69. The first-order valence-electron chi connectivity index (χ1n) is 5.80. The molecular weight excluding hydrogens is 232 g/mol. The average Bonchev–Trinajstić information content (AvgIpc) is 2.28. The van der Waals surface area contributed by atoms with Crippen LogP contribution in [0.15, 0.2) is 30.3 Å². The van der Waals surface area contributed by atoms with Crippen LogP contribution in [0.3, 0.4) is 0 Å². The summed E-state index contributed by atoms with van der Waals surface area (Å²) < 4.78 is 0. The van der Waals surface area contributed by atoms with Gasteiger partial charge in [-0.1, -0.05) is 37.3 Å². The number of Topliss-reactive ketones (excluding diaryl/α,β-unsaturated/α-hetero) is 2. The predicted octanol–water partition coefficient (Wildman–Crippen LogP) is 2.33. The van der Waals surface area contributed by atoms with Gasteiger partial charge >= 0.3 is 5.97 Å². The van der Waals surface area contributed by atoms with E-state index in [-0.39, 0.29) is 36.7 Å². The van der Waals surface area contributed by atoms with Crippen molar-refractivity contribution in [1.82, 2.24) is 0 Å². The minimum absolute atomic E-state index is 0.0503. The smallest absolute Gasteiger partial charge is 0.303 e. The molecule has 18 heavy (non-hydrogen) atoms. The molecule has 1 rings (SSSR count). The van der Waals surface area contributed by atoms with Crippen LogP contribution >= 0.6 is 0 Å². The molecule has 0 heterocycles. The summed E-state index contributed by atoms with van der Waals surface area (Å²) in [4.78, 5) is 33.8. The molecule has 0 aliphatic heterocycles. The van der Waals surface area contributed by atoms with Crippen molar-refractivity contribution in [1.29, 1.82) is 0 Å². The second-order valence-electron chi connectivity index (χ2n) is 4.41. The summed E-state index contributed by atoms with van der Waals surface area (Å²) in [6, 6.07) is 8.61. The summed E-state index contributed by atoms with van der Waals surface area (Å²) in [7, 11) is 0. The summed E-state index contributed by atoms with van der Waals surface area (Å²) >= 11 is 0. The first kappa shape index (κ1) is 14.1. The highest BCUT2D eigenvalue weighted by Gasteiger charge is 2.16. The van der Waals surface area contributed by atoms with Crippen LogP contribution in [0, 0.1) is 5.92 Å². The lowest BCUT2D eigenvalue weighted by Gasteiger charge is -2.07.